The predicted octanol–water partition coefficient (Wildman–Crippen LogP) is 3.77. The zero-order chi connectivity index (χ0) is 20.1. The van der Waals surface area contributed by atoms with Crippen LogP contribution in [0.2, 0.25) is 0 Å². The second-order valence-corrected chi connectivity index (χ2v) is 7.79. The van der Waals surface area contributed by atoms with E-state index in [9.17, 15) is 4.79 Å². The van der Waals surface area contributed by atoms with E-state index in [1.807, 2.05) is 37.4 Å². The number of hydrogen-bond acceptors (Lipinski definition) is 3. The second-order valence-electron chi connectivity index (χ2n) is 7.79. The van der Waals surface area contributed by atoms with E-state index < -0.39 is 0 Å². The van der Waals surface area contributed by atoms with Crippen LogP contribution in [0.1, 0.15) is 45.7 Å². The number of nitrogens with one attached hydrogen (secondary N) is 1. The summed E-state index contributed by atoms with van der Waals surface area (Å²) in [5.74, 6) is 0.944. The van der Waals surface area contributed by atoms with Crippen molar-refractivity contribution in [1.29, 1.82) is 0 Å². The molecule has 5 nitrogen and oxygen atoms in total. The van der Waals surface area contributed by atoms with Gasteiger partial charge in [-0.1, -0.05) is 36.4 Å². The molecule has 1 N–H and O–H groups in total. The quantitative estimate of drug-likeness (QED) is 0.670. The van der Waals surface area contributed by atoms with Crippen molar-refractivity contribution in [2.45, 2.75) is 39.4 Å². The van der Waals surface area contributed by atoms with Gasteiger partial charge in [0.25, 0.3) is 5.91 Å². The number of likely N-dealkylation sites (tertiary alicyclic amines) is 1. The number of benzene rings is 2. The lowest BCUT2D eigenvalue weighted by molar-refractivity contribution is 0.0951. The van der Waals surface area contributed by atoms with Gasteiger partial charge in [0.05, 0.1) is 0 Å². The minimum Gasteiger partial charge on any atom is -0.348 e. The van der Waals surface area contributed by atoms with Crippen molar-refractivity contribution in [3.63, 3.8) is 0 Å². The predicted molar refractivity (Wildman–Crippen MR) is 115 cm³/mol. The molecule has 0 atom stereocenters. The van der Waals surface area contributed by atoms with Crippen LogP contribution in [0.25, 0.3) is 0 Å². The van der Waals surface area contributed by atoms with Crippen molar-refractivity contribution in [2.75, 3.05) is 13.1 Å². The zero-order valence-corrected chi connectivity index (χ0v) is 17.0. The molecule has 150 valence electrons. The standard InChI is InChI=1S/C24H28N4O/c1-19-25-11-14-28(19)18-20-7-9-23(10-8-20)24(29)26-16-21-5-4-6-22(15-21)17-27-12-2-3-13-27/h4-11,14-15H,2-3,12-13,16-18H2,1H3,(H,26,29). The first kappa shape index (κ1) is 19.4. The Morgan fingerprint density at radius 3 is 2.48 bits per heavy atom. The zero-order valence-electron chi connectivity index (χ0n) is 17.0. The van der Waals surface area contributed by atoms with Crippen LogP contribution in [0.15, 0.2) is 60.9 Å². The van der Waals surface area contributed by atoms with Crippen molar-refractivity contribution in [1.82, 2.24) is 19.8 Å². The summed E-state index contributed by atoms with van der Waals surface area (Å²) < 4.78 is 2.09. The fraction of sp³-hybridized carbons (Fsp3) is 0.333. The average Bonchev–Trinajstić information content (AvgIpc) is 3.39. The SMILES string of the molecule is Cc1nccn1Cc1ccc(C(=O)NCc2cccc(CN3CCCC3)c2)cc1. The van der Waals surface area contributed by atoms with Gasteiger partial charge in [-0.25, -0.2) is 4.98 Å². The van der Waals surface area contributed by atoms with Gasteiger partial charge in [0.15, 0.2) is 0 Å². The molecule has 1 amide bonds. The number of nitrogens with zero attached hydrogens (tertiary/aromatic N) is 3. The topological polar surface area (TPSA) is 50.2 Å². The van der Waals surface area contributed by atoms with Crippen LogP contribution in [0.4, 0.5) is 0 Å². The lowest BCUT2D eigenvalue weighted by Crippen LogP contribution is -2.23. The lowest BCUT2D eigenvalue weighted by atomic mass is 10.1. The molecule has 1 fully saturated rings. The Bertz CT molecular complexity index is 955. The van der Waals surface area contributed by atoms with Crippen molar-refractivity contribution in [3.8, 4) is 0 Å². The summed E-state index contributed by atoms with van der Waals surface area (Å²) in [6.07, 6.45) is 6.37. The summed E-state index contributed by atoms with van der Waals surface area (Å²) in [6, 6.07) is 16.3. The third-order valence-corrected chi connectivity index (χ3v) is 5.54. The third-order valence-electron chi connectivity index (χ3n) is 5.54. The van der Waals surface area contributed by atoms with Gasteiger partial charge < -0.3 is 9.88 Å². The Morgan fingerprint density at radius 2 is 1.76 bits per heavy atom. The first-order valence-corrected chi connectivity index (χ1v) is 10.3. The Kier molecular flexibility index (Phi) is 6.06. The molecule has 4 rings (SSSR count). The summed E-state index contributed by atoms with van der Waals surface area (Å²) in [5.41, 5.74) is 4.29. The summed E-state index contributed by atoms with van der Waals surface area (Å²) in [4.78, 5) is 19.3. The molecular weight excluding hydrogens is 360 g/mol. The van der Waals surface area contributed by atoms with E-state index in [1.54, 1.807) is 6.20 Å². The fourth-order valence-electron chi connectivity index (χ4n) is 3.85. The van der Waals surface area contributed by atoms with E-state index in [2.05, 4.69) is 44.0 Å². The van der Waals surface area contributed by atoms with Gasteiger partial charge in [-0.3, -0.25) is 9.69 Å². The number of imidazole rings is 1. The number of amides is 1. The number of aromatic nitrogens is 2. The second kappa shape index (κ2) is 9.05. The van der Waals surface area contributed by atoms with Crippen LogP contribution in [-0.2, 0) is 19.6 Å². The van der Waals surface area contributed by atoms with Crippen LogP contribution in [0, 0.1) is 6.92 Å². The van der Waals surface area contributed by atoms with E-state index in [0.29, 0.717) is 12.1 Å². The molecule has 0 bridgehead atoms. The molecule has 0 aliphatic carbocycles. The molecule has 0 spiro atoms. The van der Waals surface area contributed by atoms with Gasteiger partial charge in [-0.15, -0.1) is 0 Å². The number of carbonyl (C=O) groups is 1. The van der Waals surface area contributed by atoms with Gasteiger partial charge in [-0.05, 0) is 61.7 Å². The molecule has 0 radical (unpaired) electrons. The molecule has 1 saturated heterocycles. The highest BCUT2D eigenvalue weighted by atomic mass is 16.1. The minimum absolute atomic E-state index is 0.0414. The molecule has 29 heavy (non-hydrogen) atoms. The summed E-state index contributed by atoms with van der Waals surface area (Å²) >= 11 is 0. The van der Waals surface area contributed by atoms with Crippen LogP contribution in [0.3, 0.4) is 0 Å². The number of aryl methyl sites for hydroxylation is 1. The largest absolute Gasteiger partial charge is 0.348 e. The molecule has 0 unspecified atom stereocenters. The highest BCUT2D eigenvalue weighted by Crippen LogP contribution is 2.14. The van der Waals surface area contributed by atoms with Gasteiger partial charge >= 0.3 is 0 Å². The molecule has 5 heteroatoms. The molecule has 1 aliphatic rings. The van der Waals surface area contributed by atoms with Crippen molar-refractivity contribution in [3.05, 3.63) is 89.0 Å². The minimum atomic E-state index is -0.0414. The number of rotatable bonds is 7. The van der Waals surface area contributed by atoms with E-state index >= 15 is 0 Å². The highest BCUT2D eigenvalue weighted by Gasteiger charge is 2.12. The maximum atomic E-state index is 12.5. The van der Waals surface area contributed by atoms with Crippen LogP contribution in [-0.4, -0.2) is 33.4 Å². The Labute approximate surface area is 172 Å². The number of carbonyl (C=O) groups excluding carboxylic acids is 1. The van der Waals surface area contributed by atoms with Crippen molar-refractivity contribution < 1.29 is 4.79 Å². The monoisotopic (exact) mass is 388 g/mol. The summed E-state index contributed by atoms with van der Waals surface area (Å²) in [6.45, 7) is 6.68. The average molecular weight is 389 g/mol. The Balaban J connectivity index is 1.31. The van der Waals surface area contributed by atoms with Crippen molar-refractivity contribution in [2.24, 2.45) is 0 Å². The molecule has 2 heterocycles. The van der Waals surface area contributed by atoms with Crippen molar-refractivity contribution >= 4 is 5.91 Å². The molecule has 3 aromatic rings. The molecule has 2 aromatic carbocycles. The smallest absolute Gasteiger partial charge is 0.251 e. The summed E-state index contributed by atoms with van der Waals surface area (Å²) in [7, 11) is 0. The van der Waals surface area contributed by atoms with Gasteiger partial charge in [0.2, 0.25) is 0 Å². The third kappa shape index (κ3) is 5.12. The highest BCUT2D eigenvalue weighted by molar-refractivity contribution is 5.94. The van der Waals surface area contributed by atoms with Gasteiger partial charge in [0.1, 0.15) is 5.82 Å². The van der Waals surface area contributed by atoms with Crippen LogP contribution >= 0.6 is 0 Å². The van der Waals surface area contributed by atoms with E-state index in [4.69, 9.17) is 0 Å². The van der Waals surface area contributed by atoms with Crippen LogP contribution < -0.4 is 5.32 Å². The number of hydrogen-bond donors (Lipinski definition) is 1. The Morgan fingerprint density at radius 1 is 1.00 bits per heavy atom. The molecule has 0 saturated carbocycles. The fourth-order valence-corrected chi connectivity index (χ4v) is 3.85. The maximum absolute atomic E-state index is 12.5. The van der Waals surface area contributed by atoms with E-state index in [1.165, 1.54) is 31.5 Å². The Hall–Kier alpha value is -2.92. The molecular formula is C24H28N4O. The summed E-state index contributed by atoms with van der Waals surface area (Å²) in [5, 5.41) is 3.04. The van der Waals surface area contributed by atoms with Gasteiger partial charge in [0, 0.05) is 37.6 Å². The van der Waals surface area contributed by atoms with E-state index in [-0.39, 0.29) is 5.91 Å². The normalized spacial score (nSPS) is 14.2. The molecule has 1 aromatic heterocycles. The first-order chi connectivity index (χ1) is 14.2. The molecule has 1 aliphatic heterocycles. The lowest BCUT2D eigenvalue weighted by Gasteiger charge is -2.15. The van der Waals surface area contributed by atoms with Gasteiger partial charge in [-0.2, -0.15) is 0 Å². The first-order valence-electron chi connectivity index (χ1n) is 10.3. The maximum Gasteiger partial charge on any atom is 0.251 e. The van der Waals surface area contributed by atoms with Crippen LogP contribution in [0.5, 0.6) is 0 Å². The van der Waals surface area contributed by atoms with E-state index in [0.717, 1.165) is 30.0 Å².